The van der Waals surface area contributed by atoms with E-state index in [1.165, 1.54) is 0 Å². The van der Waals surface area contributed by atoms with Gasteiger partial charge in [0, 0.05) is 11.6 Å². The van der Waals surface area contributed by atoms with Gasteiger partial charge >= 0.3 is 0 Å². The Bertz CT molecular complexity index is 467. The molecule has 0 aliphatic carbocycles. The summed E-state index contributed by atoms with van der Waals surface area (Å²) in [6.07, 6.45) is 1.61. The molecule has 2 aromatic heterocycles. The number of nitriles is 1. The second-order valence-electron chi connectivity index (χ2n) is 2.36. The summed E-state index contributed by atoms with van der Waals surface area (Å²) >= 11 is 5.78. The van der Waals surface area contributed by atoms with Crippen molar-refractivity contribution < 1.29 is 0 Å². The van der Waals surface area contributed by atoms with Crippen LogP contribution in [0.3, 0.4) is 0 Å². The van der Waals surface area contributed by atoms with E-state index in [1.807, 2.05) is 6.07 Å². The van der Waals surface area contributed by atoms with Gasteiger partial charge in [-0.25, -0.2) is 4.98 Å². The van der Waals surface area contributed by atoms with E-state index in [0.29, 0.717) is 10.8 Å². The first-order chi connectivity index (χ1) is 5.81. The molecule has 0 aliphatic heterocycles. The zero-order valence-electron chi connectivity index (χ0n) is 6.00. The highest BCUT2D eigenvalue weighted by atomic mass is 35.5. The molecule has 58 valence electrons. The average Bonchev–Trinajstić information content (AvgIpc) is 2.49. The van der Waals surface area contributed by atoms with Gasteiger partial charge in [0.2, 0.25) is 0 Å². The molecule has 0 saturated heterocycles. The molecule has 3 nitrogen and oxygen atoms in total. The molecular formula is C8H4ClN3. The topological polar surface area (TPSA) is 52.5 Å². The van der Waals surface area contributed by atoms with Crippen LogP contribution in [0.4, 0.5) is 0 Å². The molecule has 2 rings (SSSR count). The Morgan fingerprint density at radius 2 is 2.42 bits per heavy atom. The maximum Gasteiger partial charge on any atom is 0.153 e. The molecule has 0 fully saturated rings. The van der Waals surface area contributed by atoms with Crippen molar-refractivity contribution in [1.82, 2.24) is 9.97 Å². The van der Waals surface area contributed by atoms with Gasteiger partial charge < -0.3 is 4.98 Å². The standard InChI is InChI=1S/C8H4ClN3/c9-8-7-5(1-2-11-8)3-6(4-10)12-7/h1-3,12H. The molecule has 1 N–H and O–H groups in total. The first-order valence-corrected chi connectivity index (χ1v) is 3.72. The van der Waals surface area contributed by atoms with Crippen LogP contribution < -0.4 is 0 Å². The molecule has 2 aromatic rings. The number of H-pyrrole nitrogens is 1. The summed E-state index contributed by atoms with van der Waals surface area (Å²) in [5, 5.41) is 9.89. The second kappa shape index (κ2) is 2.50. The van der Waals surface area contributed by atoms with Crippen molar-refractivity contribution in [2.24, 2.45) is 0 Å². The van der Waals surface area contributed by atoms with E-state index in [1.54, 1.807) is 18.3 Å². The third kappa shape index (κ3) is 0.936. The van der Waals surface area contributed by atoms with Crippen LogP contribution in [0.15, 0.2) is 18.3 Å². The highest BCUT2D eigenvalue weighted by Crippen LogP contribution is 2.20. The summed E-state index contributed by atoms with van der Waals surface area (Å²) in [7, 11) is 0. The Balaban J connectivity index is 2.85. The molecule has 2 heterocycles. The first-order valence-electron chi connectivity index (χ1n) is 3.34. The highest BCUT2D eigenvalue weighted by Gasteiger charge is 2.02. The Morgan fingerprint density at radius 1 is 1.58 bits per heavy atom. The van der Waals surface area contributed by atoms with Crippen LogP contribution in [-0.4, -0.2) is 9.97 Å². The quantitative estimate of drug-likeness (QED) is 0.627. The van der Waals surface area contributed by atoms with E-state index in [2.05, 4.69) is 9.97 Å². The minimum absolute atomic E-state index is 0.397. The third-order valence-electron chi connectivity index (χ3n) is 1.62. The zero-order valence-corrected chi connectivity index (χ0v) is 6.76. The van der Waals surface area contributed by atoms with Gasteiger partial charge in [-0.05, 0) is 12.1 Å². The fourth-order valence-corrected chi connectivity index (χ4v) is 1.29. The van der Waals surface area contributed by atoms with Gasteiger partial charge in [0.15, 0.2) is 5.15 Å². The molecule has 4 heteroatoms. The Kier molecular flexibility index (Phi) is 1.49. The number of halogens is 1. The highest BCUT2D eigenvalue weighted by molar-refractivity contribution is 6.33. The van der Waals surface area contributed by atoms with Crippen molar-refractivity contribution in [2.75, 3.05) is 0 Å². The SMILES string of the molecule is N#Cc1cc2ccnc(Cl)c2[nH]1. The van der Waals surface area contributed by atoms with Crippen molar-refractivity contribution in [3.05, 3.63) is 29.2 Å². The van der Waals surface area contributed by atoms with Crippen LogP contribution >= 0.6 is 11.6 Å². The first kappa shape index (κ1) is 7.14. The largest absolute Gasteiger partial charge is 0.344 e. The van der Waals surface area contributed by atoms with Crippen molar-refractivity contribution >= 4 is 22.5 Å². The minimum atomic E-state index is 0.397. The smallest absolute Gasteiger partial charge is 0.153 e. The number of pyridine rings is 1. The Labute approximate surface area is 73.6 Å². The van der Waals surface area contributed by atoms with Gasteiger partial charge in [-0.3, -0.25) is 0 Å². The minimum Gasteiger partial charge on any atom is -0.344 e. The molecule has 0 saturated carbocycles. The molecule has 0 radical (unpaired) electrons. The Morgan fingerprint density at radius 3 is 3.08 bits per heavy atom. The van der Waals surface area contributed by atoms with Crippen LogP contribution in [0.25, 0.3) is 10.9 Å². The molecule has 0 amide bonds. The number of hydrogen-bond acceptors (Lipinski definition) is 2. The summed E-state index contributed by atoms with van der Waals surface area (Å²) in [5.41, 5.74) is 1.22. The number of nitrogens with one attached hydrogen (secondary N) is 1. The summed E-state index contributed by atoms with van der Waals surface area (Å²) in [4.78, 5) is 6.74. The number of aromatic nitrogens is 2. The number of hydrogen-bond donors (Lipinski definition) is 1. The maximum absolute atomic E-state index is 8.58. The average molecular weight is 178 g/mol. The second-order valence-corrected chi connectivity index (χ2v) is 2.72. The molecule has 0 unspecified atom stereocenters. The molecule has 0 aromatic carbocycles. The molecule has 0 bridgehead atoms. The van der Waals surface area contributed by atoms with E-state index >= 15 is 0 Å². The summed E-state index contributed by atoms with van der Waals surface area (Å²) in [6, 6.07) is 5.54. The molecule has 0 spiro atoms. The lowest BCUT2D eigenvalue weighted by molar-refractivity contribution is 1.32. The lowest BCUT2D eigenvalue weighted by Crippen LogP contribution is -1.75. The number of rotatable bonds is 0. The predicted octanol–water partition coefficient (Wildman–Crippen LogP) is 2.09. The lowest BCUT2D eigenvalue weighted by atomic mass is 10.3. The van der Waals surface area contributed by atoms with Gasteiger partial charge in [0.1, 0.15) is 11.8 Å². The summed E-state index contributed by atoms with van der Waals surface area (Å²) in [6.45, 7) is 0. The molecule has 0 atom stereocenters. The maximum atomic E-state index is 8.58. The van der Waals surface area contributed by atoms with Crippen molar-refractivity contribution in [3.8, 4) is 6.07 Å². The van der Waals surface area contributed by atoms with Crippen molar-refractivity contribution in [3.63, 3.8) is 0 Å². The van der Waals surface area contributed by atoms with Gasteiger partial charge in [0.25, 0.3) is 0 Å². The normalized spacial score (nSPS) is 10.0. The molecule has 12 heavy (non-hydrogen) atoms. The number of aromatic amines is 1. The van der Waals surface area contributed by atoms with Crippen molar-refractivity contribution in [2.45, 2.75) is 0 Å². The van der Waals surface area contributed by atoms with Crippen LogP contribution in [0, 0.1) is 11.3 Å². The monoisotopic (exact) mass is 177 g/mol. The Hall–Kier alpha value is -1.53. The van der Waals surface area contributed by atoms with Gasteiger partial charge in [-0.15, -0.1) is 0 Å². The summed E-state index contributed by atoms with van der Waals surface area (Å²) < 4.78 is 0. The fourth-order valence-electron chi connectivity index (χ4n) is 1.08. The molecule has 0 aliphatic rings. The lowest BCUT2D eigenvalue weighted by Gasteiger charge is -1.89. The zero-order chi connectivity index (χ0) is 8.55. The predicted molar refractivity (Wildman–Crippen MR) is 45.8 cm³/mol. The van der Waals surface area contributed by atoms with Gasteiger partial charge in [0.05, 0.1) is 5.52 Å². The third-order valence-corrected chi connectivity index (χ3v) is 1.90. The van der Waals surface area contributed by atoms with Crippen LogP contribution in [0.1, 0.15) is 5.69 Å². The van der Waals surface area contributed by atoms with E-state index in [4.69, 9.17) is 16.9 Å². The number of fused-ring (bicyclic) bond motifs is 1. The summed E-state index contributed by atoms with van der Waals surface area (Å²) in [5.74, 6) is 0. The van der Waals surface area contributed by atoms with Crippen molar-refractivity contribution in [1.29, 1.82) is 5.26 Å². The van der Waals surface area contributed by atoms with E-state index in [-0.39, 0.29) is 0 Å². The van der Waals surface area contributed by atoms with E-state index in [9.17, 15) is 0 Å². The van der Waals surface area contributed by atoms with Gasteiger partial charge in [-0.2, -0.15) is 5.26 Å². The number of nitrogens with zero attached hydrogens (tertiary/aromatic N) is 2. The fraction of sp³-hybridized carbons (Fsp3) is 0. The van der Waals surface area contributed by atoms with E-state index in [0.717, 1.165) is 10.9 Å². The van der Waals surface area contributed by atoms with E-state index < -0.39 is 0 Å². The van der Waals surface area contributed by atoms with Crippen LogP contribution in [-0.2, 0) is 0 Å². The van der Waals surface area contributed by atoms with Crippen LogP contribution in [0.5, 0.6) is 0 Å². The van der Waals surface area contributed by atoms with Crippen LogP contribution in [0.2, 0.25) is 5.15 Å². The van der Waals surface area contributed by atoms with Gasteiger partial charge in [-0.1, -0.05) is 11.6 Å². The molecular weight excluding hydrogens is 174 g/mol.